The molecule has 0 spiro atoms. The predicted molar refractivity (Wildman–Crippen MR) is 89.3 cm³/mol. The number of hydrogen-bond acceptors (Lipinski definition) is 4. The summed E-state index contributed by atoms with van der Waals surface area (Å²) >= 11 is 0. The van der Waals surface area contributed by atoms with Crippen LogP contribution in [-0.4, -0.2) is 48.6 Å². The van der Waals surface area contributed by atoms with E-state index < -0.39 is 10.8 Å². The second-order valence-electron chi connectivity index (χ2n) is 5.61. The molecule has 1 aromatic carbocycles. The second-order valence-corrected chi connectivity index (χ2v) is 7.17. The van der Waals surface area contributed by atoms with Gasteiger partial charge in [-0.05, 0) is 31.0 Å². The lowest BCUT2D eigenvalue weighted by molar-refractivity contribution is 0.122. The molecule has 5 heteroatoms. The fraction of sp³-hybridized carbons (Fsp3) is 0.625. The molecule has 0 radical (unpaired) electrons. The Hall–Kier alpha value is -0.910. The third kappa shape index (κ3) is 5.77. The second kappa shape index (κ2) is 8.51. The zero-order chi connectivity index (χ0) is 15.1. The van der Waals surface area contributed by atoms with Gasteiger partial charge in [0.2, 0.25) is 0 Å². The van der Waals surface area contributed by atoms with Crippen molar-refractivity contribution in [3.8, 4) is 0 Å². The van der Waals surface area contributed by atoms with Gasteiger partial charge in [0.1, 0.15) is 0 Å². The molecule has 1 fully saturated rings. The number of ether oxygens (including phenoxy) is 1. The first-order valence-corrected chi connectivity index (χ1v) is 9.33. The largest absolute Gasteiger partial charge is 0.378 e. The maximum absolute atomic E-state index is 11.1. The number of nitrogens with zero attached hydrogens (tertiary/aromatic N) is 1. The van der Waals surface area contributed by atoms with E-state index in [-0.39, 0.29) is 0 Å². The van der Waals surface area contributed by atoms with E-state index in [0.29, 0.717) is 6.04 Å². The molecule has 0 bridgehead atoms. The molecule has 1 aromatic rings. The highest BCUT2D eigenvalue weighted by molar-refractivity contribution is 7.84. The first kappa shape index (κ1) is 16.5. The first-order chi connectivity index (χ1) is 10.1. The van der Waals surface area contributed by atoms with Crippen LogP contribution in [0.4, 0.5) is 5.69 Å². The van der Waals surface area contributed by atoms with E-state index >= 15 is 0 Å². The van der Waals surface area contributed by atoms with E-state index in [4.69, 9.17) is 4.74 Å². The average Bonchev–Trinajstić information content (AvgIpc) is 2.52. The van der Waals surface area contributed by atoms with E-state index in [1.807, 2.05) is 0 Å². The van der Waals surface area contributed by atoms with E-state index in [0.717, 1.165) is 45.0 Å². The first-order valence-electron chi connectivity index (χ1n) is 7.60. The van der Waals surface area contributed by atoms with E-state index in [2.05, 4.69) is 41.4 Å². The van der Waals surface area contributed by atoms with Crippen LogP contribution in [0.3, 0.4) is 0 Å². The Balaban J connectivity index is 1.77. The highest BCUT2D eigenvalue weighted by Gasteiger charge is 2.10. The Kier molecular flexibility index (Phi) is 6.67. The Morgan fingerprint density at radius 2 is 1.95 bits per heavy atom. The lowest BCUT2D eigenvalue weighted by Gasteiger charge is -2.29. The zero-order valence-electron chi connectivity index (χ0n) is 13.0. The fourth-order valence-corrected chi connectivity index (χ4v) is 3.07. The minimum absolute atomic E-state index is 0.396. The van der Waals surface area contributed by atoms with Gasteiger partial charge in [-0.3, -0.25) is 4.21 Å². The summed E-state index contributed by atoms with van der Waals surface area (Å²) < 4.78 is 16.5. The van der Waals surface area contributed by atoms with Crippen molar-refractivity contribution in [3.63, 3.8) is 0 Å². The third-order valence-electron chi connectivity index (χ3n) is 3.81. The van der Waals surface area contributed by atoms with Crippen molar-refractivity contribution in [3.05, 3.63) is 29.8 Å². The number of nitrogens with one attached hydrogen (secondary N) is 1. The van der Waals surface area contributed by atoms with Gasteiger partial charge in [-0.1, -0.05) is 12.1 Å². The van der Waals surface area contributed by atoms with Crippen LogP contribution in [0.1, 0.15) is 18.9 Å². The van der Waals surface area contributed by atoms with Gasteiger partial charge < -0.3 is 15.0 Å². The summed E-state index contributed by atoms with van der Waals surface area (Å²) in [6.45, 7) is 6.60. The van der Waals surface area contributed by atoms with Crippen molar-refractivity contribution < 1.29 is 8.95 Å². The van der Waals surface area contributed by atoms with Crippen molar-refractivity contribution >= 4 is 16.5 Å². The minimum Gasteiger partial charge on any atom is -0.378 e. The fourth-order valence-electron chi connectivity index (χ4n) is 2.38. The van der Waals surface area contributed by atoms with Crippen molar-refractivity contribution in [2.75, 3.05) is 43.2 Å². The maximum atomic E-state index is 11.1. The van der Waals surface area contributed by atoms with Crippen molar-refractivity contribution in [2.45, 2.75) is 25.9 Å². The standard InChI is InChI=1S/C16H26N2O2S/c1-14(7-12-21(2)19)17-13-15-3-5-16(6-4-15)18-8-10-20-11-9-18/h3-6,14,17H,7-13H2,1-2H3. The molecular weight excluding hydrogens is 284 g/mol. The van der Waals surface area contributed by atoms with Crippen LogP contribution in [0, 0.1) is 0 Å². The molecule has 1 aliphatic heterocycles. The molecule has 118 valence electrons. The Morgan fingerprint density at radius 1 is 1.29 bits per heavy atom. The molecule has 2 unspecified atom stereocenters. The Bertz CT molecular complexity index is 444. The van der Waals surface area contributed by atoms with Gasteiger partial charge >= 0.3 is 0 Å². The lowest BCUT2D eigenvalue weighted by atomic mass is 10.1. The molecule has 2 atom stereocenters. The summed E-state index contributed by atoms with van der Waals surface area (Å²) in [4.78, 5) is 2.36. The van der Waals surface area contributed by atoms with E-state index in [1.165, 1.54) is 11.3 Å². The SMILES string of the molecule is CC(CCS(C)=O)NCc1ccc(N2CCOCC2)cc1. The minimum atomic E-state index is -0.696. The van der Waals surface area contributed by atoms with Crippen LogP contribution in [0.5, 0.6) is 0 Å². The van der Waals surface area contributed by atoms with Crippen molar-refractivity contribution in [1.29, 1.82) is 0 Å². The number of benzene rings is 1. The van der Waals surface area contributed by atoms with Crippen LogP contribution < -0.4 is 10.2 Å². The van der Waals surface area contributed by atoms with Crippen LogP contribution in [-0.2, 0) is 22.1 Å². The third-order valence-corrected chi connectivity index (χ3v) is 4.62. The normalized spacial score (nSPS) is 18.5. The summed E-state index contributed by atoms with van der Waals surface area (Å²) in [6.07, 6.45) is 2.71. The quantitative estimate of drug-likeness (QED) is 0.833. The van der Waals surface area contributed by atoms with Crippen LogP contribution in [0.2, 0.25) is 0 Å². The lowest BCUT2D eigenvalue weighted by Crippen LogP contribution is -2.36. The summed E-state index contributed by atoms with van der Waals surface area (Å²) in [5.41, 5.74) is 2.56. The summed E-state index contributed by atoms with van der Waals surface area (Å²) in [6, 6.07) is 9.14. The molecule has 0 aromatic heterocycles. The highest BCUT2D eigenvalue weighted by atomic mass is 32.2. The molecule has 4 nitrogen and oxygen atoms in total. The van der Waals surface area contributed by atoms with Gasteiger partial charge in [0, 0.05) is 54.2 Å². The van der Waals surface area contributed by atoms with Gasteiger partial charge in [0.15, 0.2) is 0 Å². The van der Waals surface area contributed by atoms with Crippen molar-refractivity contribution in [1.82, 2.24) is 5.32 Å². The molecule has 0 aliphatic carbocycles. The van der Waals surface area contributed by atoms with Crippen LogP contribution in [0.15, 0.2) is 24.3 Å². The van der Waals surface area contributed by atoms with E-state index in [9.17, 15) is 4.21 Å². The molecule has 1 N–H and O–H groups in total. The smallest absolute Gasteiger partial charge is 0.0642 e. The molecule has 0 saturated carbocycles. The van der Waals surface area contributed by atoms with Gasteiger partial charge in [-0.2, -0.15) is 0 Å². The number of rotatable bonds is 7. The number of anilines is 1. The van der Waals surface area contributed by atoms with Gasteiger partial charge in [0.05, 0.1) is 13.2 Å². The summed E-state index contributed by atoms with van der Waals surface area (Å²) in [5.74, 6) is 0.768. The summed E-state index contributed by atoms with van der Waals surface area (Å²) in [5, 5.41) is 3.49. The average molecular weight is 310 g/mol. The molecule has 2 rings (SSSR count). The van der Waals surface area contributed by atoms with Crippen LogP contribution >= 0.6 is 0 Å². The molecular formula is C16H26N2O2S. The topological polar surface area (TPSA) is 41.6 Å². The molecule has 0 amide bonds. The molecule has 1 heterocycles. The molecule has 1 saturated heterocycles. The number of morpholine rings is 1. The predicted octanol–water partition coefficient (Wildman–Crippen LogP) is 1.77. The highest BCUT2D eigenvalue weighted by Crippen LogP contribution is 2.16. The van der Waals surface area contributed by atoms with E-state index in [1.54, 1.807) is 6.26 Å². The number of hydrogen-bond donors (Lipinski definition) is 1. The zero-order valence-corrected chi connectivity index (χ0v) is 13.8. The monoisotopic (exact) mass is 310 g/mol. The van der Waals surface area contributed by atoms with Gasteiger partial charge in [-0.25, -0.2) is 0 Å². The van der Waals surface area contributed by atoms with Crippen LogP contribution in [0.25, 0.3) is 0 Å². The van der Waals surface area contributed by atoms with Gasteiger partial charge in [0.25, 0.3) is 0 Å². The molecule has 1 aliphatic rings. The Morgan fingerprint density at radius 3 is 2.57 bits per heavy atom. The van der Waals surface area contributed by atoms with Gasteiger partial charge in [-0.15, -0.1) is 0 Å². The summed E-state index contributed by atoms with van der Waals surface area (Å²) in [7, 11) is -0.696. The van der Waals surface area contributed by atoms with Crippen molar-refractivity contribution in [2.24, 2.45) is 0 Å². The maximum Gasteiger partial charge on any atom is 0.0642 e. The Labute approximate surface area is 130 Å². The molecule has 21 heavy (non-hydrogen) atoms.